The SMILES string of the molecule is Cc1ccc(S(=O)(=O)N2C(C)[C@H](O)CC[C@@H]2O[Si](C(C)C)(C(C)C)C(C)C)cc1. The lowest BCUT2D eigenvalue weighted by molar-refractivity contribution is -0.0445. The fraction of sp³-hybridized carbons (Fsp3) is 0.727. The molecule has 1 aliphatic rings. The number of hydrogen-bond donors (Lipinski definition) is 1. The first-order chi connectivity index (χ1) is 13.4. The minimum atomic E-state index is -3.79. The summed E-state index contributed by atoms with van der Waals surface area (Å²) in [5.74, 6) is 0. The van der Waals surface area contributed by atoms with Crippen molar-refractivity contribution in [1.82, 2.24) is 4.31 Å². The summed E-state index contributed by atoms with van der Waals surface area (Å²) in [5.41, 5.74) is 2.07. The van der Waals surface area contributed by atoms with E-state index in [9.17, 15) is 13.5 Å². The van der Waals surface area contributed by atoms with Crippen LogP contribution in [0.2, 0.25) is 16.6 Å². The van der Waals surface area contributed by atoms with Crippen molar-refractivity contribution in [3.05, 3.63) is 29.8 Å². The number of sulfonamides is 1. The zero-order valence-electron chi connectivity index (χ0n) is 19.2. The third-order valence-corrected chi connectivity index (χ3v) is 14.7. The summed E-state index contributed by atoms with van der Waals surface area (Å²) in [4.78, 5) is 0.253. The number of aliphatic hydroxyl groups excluding tert-OH is 1. The Bertz CT molecular complexity index is 755. The Kier molecular flexibility index (Phi) is 7.77. The number of rotatable bonds is 7. The van der Waals surface area contributed by atoms with Gasteiger partial charge in [-0.15, -0.1) is 0 Å². The van der Waals surface area contributed by atoms with Crippen LogP contribution in [0.5, 0.6) is 0 Å². The van der Waals surface area contributed by atoms with Gasteiger partial charge in [0.1, 0.15) is 6.23 Å². The van der Waals surface area contributed by atoms with E-state index in [1.54, 1.807) is 19.1 Å². The van der Waals surface area contributed by atoms with Crippen molar-refractivity contribution in [3.8, 4) is 0 Å². The highest BCUT2D eigenvalue weighted by molar-refractivity contribution is 7.89. The molecule has 1 fully saturated rings. The van der Waals surface area contributed by atoms with Crippen molar-refractivity contribution in [2.45, 2.75) is 108 Å². The normalized spacial score (nSPS) is 24.6. The highest BCUT2D eigenvalue weighted by atomic mass is 32.2. The van der Waals surface area contributed by atoms with Gasteiger partial charge in [-0.25, -0.2) is 8.42 Å². The smallest absolute Gasteiger partial charge is 0.245 e. The van der Waals surface area contributed by atoms with E-state index in [1.165, 1.54) is 4.31 Å². The highest BCUT2D eigenvalue weighted by Gasteiger charge is 2.51. The maximum atomic E-state index is 13.6. The van der Waals surface area contributed by atoms with Crippen LogP contribution in [0.1, 0.15) is 66.9 Å². The van der Waals surface area contributed by atoms with Gasteiger partial charge in [0.05, 0.1) is 17.0 Å². The van der Waals surface area contributed by atoms with Crippen LogP contribution in [-0.4, -0.2) is 44.5 Å². The van der Waals surface area contributed by atoms with Gasteiger partial charge < -0.3 is 9.53 Å². The summed E-state index contributed by atoms with van der Waals surface area (Å²) in [6.07, 6.45) is -0.177. The van der Waals surface area contributed by atoms with Gasteiger partial charge in [0.25, 0.3) is 0 Å². The van der Waals surface area contributed by atoms with Gasteiger partial charge in [0, 0.05) is 0 Å². The summed E-state index contributed by atoms with van der Waals surface area (Å²) in [6, 6.07) is 6.38. The zero-order chi connectivity index (χ0) is 22.1. The highest BCUT2D eigenvalue weighted by Crippen LogP contribution is 2.45. The van der Waals surface area contributed by atoms with Crippen LogP contribution in [-0.2, 0) is 14.4 Å². The van der Waals surface area contributed by atoms with E-state index in [4.69, 9.17) is 4.43 Å². The van der Waals surface area contributed by atoms with Gasteiger partial charge in [-0.05, 0) is 55.4 Å². The first-order valence-corrected chi connectivity index (χ1v) is 14.4. The number of aliphatic hydroxyl groups is 1. The number of aryl methyl sites for hydroxylation is 1. The van der Waals surface area contributed by atoms with Gasteiger partial charge in [-0.3, -0.25) is 0 Å². The molecule has 1 aromatic carbocycles. The van der Waals surface area contributed by atoms with Gasteiger partial charge in [0.2, 0.25) is 18.3 Å². The summed E-state index contributed by atoms with van der Waals surface area (Å²) in [7, 11) is -6.07. The van der Waals surface area contributed by atoms with Crippen LogP contribution in [0.25, 0.3) is 0 Å². The molecule has 5 nitrogen and oxygen atoms in total. The largest absolute Gasteiger partial charge is 0.400 e. The molecule has 29 heavy (non-hydrogen) atoms. The maximum absolute atomic E-state index is 13.6. The van der Waals surface area contributed by atoms with E-state index >= 15 is 0 Å². The van der Waals surface area contributed by atoms with Gasteiger partial charge in [-0.2, -0.15) is 4.31 Å². The van der Waals surface area contributed by atoms with Gasteiger partial charge >= 0.3 is 0 Å². The molecule has 0 aromatic heterocycles. The summed E-state index contributed by atoms with van der Waals surface area (Å²) in [5, 5.41) is 10.5. The van der Waals surface area contributed by atoms with Crippen LogP contribution >= 0.6 is 0 Å². The van der Waals surface area contributed by atoms with Crippen LogP contribution in [0, 0.1) is 6.92 Å². The molecule has 1 aliphatic heterocycles. The minimum Gasteiger partial charge on any atom is -0.400 e. The lowest BCUT2D eigenvalue weighted by Crippen LogP contribution is -2.60. The summed E-state index contributed by atoms with van der Waals surface area (Å²) in [6.45, 7) is 16.9. The monoisotopic (exact) mass is 441 g/mol. The molecule has 0 amide bonds. The third kappa shape index (κ3) is 4.64. The Hall–Kier alpha value is -0.733. The van der Waals surface area contributed by atoms with Crippen molar-refractivity contribution in [2.24, 2.45) is 0 Å². The van der Waals surface area contributed by atoms with E-state index in [2.05, 4.69) is 41.5 Å². The molecule has 0 saturated carbocycles. The standard InChI is InChI=1S/C22H39NO4SSi/c1-15(2)29(16(3)4,17(5)6)27-22-14-13-21(24)19(8)23(22)28(25,26)20-11-9-18(7)10-12-20/h9-12,15-17,19,21-22,24H,13-14H2,1-8H3/t19?,21-,22+/m1/s1. The van der Waals surface area contributed by atoms with Gasteiger partial charge in [0.15, 0.2) is 0 Å². The van der Waals surface area contributed by atoms with Crippen LogP contribution in [0.3, 0.4) is 0 Å². The lowest BCUT2D eigenvalue weighted by atomic mass is 10.0. The first kappa shape index (κ1) is 24.5. The molecule has 1 aromatic rings. The first-order valence-electron chi connectivity index (χ1n) is 10.8. The van der Waals surface area contributed by atoms with Crippen molar-refractivity contribution < 1.29 is 18.0 Å². The van der Waals surface area contributed by atoms with E-state index in [-0.39, 0.29) is 4.90 Å². The average Bonchev–Trinajstić information content (AvgIpc) is 2.61. The molecule has 0 spiro atoms. The van der Waals surface area contributed by atoms with Crippen molar-refractivity contribution in [2.75, 3.05) is 0 Å². The van der Waals surface area contributed by atoms with Crippen LogP contribution in [0.4, 0.5) is 0 Å². The lowest BCUT2D eigenvalue weighted by Gasteiger charge is -2.49. The van der Waals surface area contributed by atoms with Gasteiger partial charge in [-0.1, -0.05) is 59.2 Å². The molecule has 7 heteroatoms. The van der Waals surface area contributed by atoms with Crippen molar-refractivity contribution in [1.29, 1.82) is 0 Å². The fourth-order valence-corrected chi connectivity index (χ4v) is 12.4. The molecule has 2 rings (SSSR count). The second-order valence-electron chi connectivity index (χ2n) is 9.42. The number of nitrogens with zero attached hydrogens (tertiary/aromatic N) is 1. The van der Waals surface area contributed by atoms with Crippen LogP contribution < -0.4 is 0 Å². The number of piperidine rings is 1. The quantitative estimate of drug-likeness (QED) is 0.602. The van der Waals surface area contributed by atoms with Crippen molar-refractivity contribution in [3.63, 3.8) is 0 Å². The molecular weight excluding hydrogens is 402 g/mol. The Morgan fingerprint density at radius 1 is 1.00 bits per heavy atom. The average molecular weight is 442 g/mol. The Morgan fingerprint density at radius 3 is 1.93 bits per heavy atom. The van der Waals surface area contributed by atoms with Crippen molar-refractivity contribution >= 4 is 18.3 Å². The molecule has 0 aliphatic carbocycles. The molecule has 1 N–H and O–H groups in total. The summed E-state index contributed by atoms with van der Waals surface area (Å²) >= 11 is 0. The molecule has 3 atom stereocenters. The van der Waals surface area contributed by atoms with E-state index < -0.39 is 36.7 Å². The van der Waals surface area contributed by atoms with E-state index in [0.29, 0.717) is 29.5 Å². The second-order valence-corrected chi connectivity index (χ2v) is 16.7. The second kappa shape index (κ2) is 9.18. The predicted octanol–water partition coefficient (Wildman–Crippen LogP) is 5.05. The molecule has 166 valence electrons. The molecular formula is C22H39NO4SSi. The minimum absolute atomic E-state index is 0.253. The predicted molar refractivity (Wildman–Crippen MR) is 121 cm³/mol. The topological polar surface area (TPSA) is 66.8 Å². The molecule has 1 unspecified atom stereocenters. The van der Waals surface area contributed by atoms with E-state index in [1.807, 2.05) is 19.1 Å². The Morgan fingerprint density at radius 2 is 1.48 bits per heavy atom. The molecule has 0 radical (unpaired) electrons. The third-order valence-electron chi connectivity index (χ3n) is 6.60. The molecule has 1 heterocycles. The van der Waals surface area contributed by atoms with E-state index in [0.717, 1.165) is 5.56 Å². The fourth-order valence-electron chi connectivity index (χ4n) is 5.07. The number of benzene rings is 1. The molecule has 1 saturated heterocycles. The number of hydrogen-bond acceptors (Lipinski definition) is 4. The maximum Gasteiger partial charge on any atom is 0.245 e. The zero-order valence-corrected chi connectivity index (χ0v) is 21.0. The molecule has 0 bridgehead atoms. The Balaban J connectivity index is 2.52. The summed E-state index contributed by atoms with van der Waals surface area (Å²) < 4.78 is 35.6. The Labute approximate surface area is 178 Å². The van der Waals surface area contributed by atoms with Crippen LogP contribution in [0.15, 0.2) is 29.2 Å².